The van der Waals surface area contributed by atoms with Crippen LogP contribution in [0.15, 0.2) is 60.0 Å². The molecule has 0 saturated carbocycles. The minimum Gasteiger partial charge on any atom is -0.481 e. The molecule has 1 aliphatic rings. The highest BCUT2D eigenvalue weighted by Gasteiger charge is 2.32. The van der Waals surface area contributed by atoms with Crippen molar-refractivity contribution in [2.24, 2.45) is 5.10 Å². The van der Waals surface area contributed by atoms with Crippen molar-refractivity contribution in [3.05, 3.63) is 71.5 Å². The van der Waals surface area contributed by atoms with Gasteiger partial charge in [0.25, 0.3) is 0 Å². The summed E-state index contributed by atoms with van der Waals surface area (Å²) in [6.45, 7) is 0.416. The third-order valence-corrected chi connectivity index (χ3v) is 5.20. The van der Waals surface area contributed by atoms with E-state index in [1.54, 1.807) is 12.4 Å². The van der Waals surface area contributed by atoms with Gasteiger partial charge in [0, 0.05) is 31.8 Å². The van der Waals surface area contributed by atoms with E-state index in [4.69, 9.17) is 5.11 Å². The Balaban J connectivity index is 1.62. The lowest BCUT2D eigenvalue weighted by molar-refractivity contribution is -0.138. The fourth-order valence-corrected chi connectivity index (χ4v) is 3.66. The second-order valence-electron chi connectivity index (χ2n) is 7.31. The monoisotopic (exact) mass is 428 g/mol. The maximum Gasteiger partial charge on any atom is 0.416 e. The zero-order chi connectivity index (χ0) is 22.0. The number of carboxylic acid groups (broad SMARTS) is 1. The first-order chi connectivity index (χ1) is 14.8. The number of rotatable bonds is 6. The van der Waals surface area contributed by atoms with Crippen molar-refractivity contribution in [2.45, 2.75) is 31.5 Å². The first-order valence-electron chi connectivity index (χ1n) is 9.75. The molecule has 1 aliphatic heterocycles. The molecule has 6 nitrogen and oxygen atoms in total. The van der Waals surface area contributed by atoms with E-state index in [2.05, 4.69) is 15.1 Å². The summed E-state index contributed by atoms with van der Waals surface area (Å²) < 4.78 is 38.6. The van der Waals surface area contributed by atoms with E-state index in [0.717, 1.165) is 28.7 Å². The maximum atomic E-state index is 12.9. The van der Waals surface area contributed by atoms with E-state index < -0.39 is 17.7 Å². The number of hydrogen-bond acceptors (Lipinski definition) is 5. The Kier molecular flexibility index (Phi) is 5.58. The molecule has 31 heavy (non-hydrogen) atoms. The van der Waals surface area contributed by atoms with Crippen LogP contribution >= 0.6 is 0 Å². The number of aromatic nitrogens is 2. The second kappa shape index (κ2) is 8.33. The zero-order valence-corrected chi connectivity index (χ0v) is 16.4. The van der Waals surface area contributed by atoms with Gasteiger partial charge in [0.2, 0.25) is 0 Å². The lowest BCUT2D eigenvalue weighted by Crippen LogP contribution is -2.21. The maximum absolute atomic E-state index is 12.9. The summed E-state index contributed by atoms with van der Waals surface area (Å²) in [7, 11) is 0. The number of carboxylic acids is 1. The van der Waals surface area contributed by atoms with Crippen LogP contribution in [0.2, 0.25) is 0 Å². The molecule has 9 heteroatoms. The number of hydrogen-bond donors (Lipinski definition) is 1. The Bertz CT molecular complexity index is 1130. The average molecular weight is 428 g/mol. The smallest absolute Gasteiger partial charge is 0.416 e. The van der Waals surface area contributed by atoms with Gasteiger partial charge in [-0.15, -0.1) is 0 Å². The van der Waals surface area contributed by atoms with Crippen molar-refractivity contribution >= 4 is 22.7 Å². The summed E-state index contributed by atoms with van der Waals surface area (Å²) in [4.78, 5) is 19.5. The number of fused-ring (bicyclic) bond motifs is 1. The fraction of sp³-hybridized carbons (Fsp3) is 0.273. The van der Waals surface area contributed by atoms with Gasteiger partial charge in [-0.05, 0) is 41.8 Å². The molecule has 0 fully saturated rings. The SMILES string of the molecule is O=C(O)CCCN1N=C(c2ccc(C(F)(F)F)cc2)CC1c1ccc2nccnc2c1. The van der Waals surface area contributed by atoms with Gasteiger partial charge < -0.3 is 5.11 Å². The minimum atomic E-state index is -4.40. The normalized spacial score (nSPS) is 16.5. The van der Waals surface area contributed by atoms with E-state index in [9.17, 15) is 18.0 Å². The van der Waals surface area contributed by atoms with Crippen LogP contribution in [0.25, 0.3) is 11.0 Å². The van der Waals surface area contributed by atoms with Gasteiger partial charge in [0.1, 0.15) is 0 Å². The van der Waals surface area contributed by atoms with Crippen molar-refractivity contribution in [2.75, 3.05) is 6.54 Å². The molecule has 2 heterocycles. The Morgan fingerprint density at radius 2 is 1.77 bits per heavy atom. The molecule has 0 aliphatic carbocycles. The summed E-state index contributed by atoms with van der Waals surface area (Å²) in [6, 6.07) is 10.5. The quantitative estimate of drug-likeness (QED) is 0.618. The fourth-order valence-electron chi connectivity index (χ4n) is 3.66. The number of aliphatic carboxylic acids is 1. The first-order valence-corrected chi connectivity index (χ1v) is 9.75. The number of nitrogens with zero attached hydrogens (tertiary/aromatic N) is 4. The number of hydrazone groups is 1. The molecule has 2 aromatic carbocycles. The second-order valence-corrected chi connectivity index (χ2v) is 7.31. The van der Waals surface area contributed by atoms with Gasteiger partial charge in [0.05, 0.1) is 28.4 Å². The van der Waals surface area contributed by atoms with Crippen molar-refractivity contribution < 1.29 is 23.1 Å². The third kappa shape index (κ3) is 4.65. The topological polar surface area (TPSA) is 78.7 Å². The minimum absolute atomic E-state index is 0.0115. The molecule has 0 saturated heterocycles. The van der Waals surface area contributed by atoms with E-state index in [1.165, 1.54) is 12.1 Å². The number of halogens is 3. The Morgan fingerprint density at radius 3 is 2.45 bits per heavy atom. The Morgan fingerprint density at radius 1 is 1.06 bits per heavy atom. The van der Waals surface area contributed by atoms with Crippen LogP contribution in [0, 0.1) is 0 Å². The van der Waals surface area contributed by atoms with Gasteiger partial charge in [0.15, 0.2) is 0 Å². The van der Waals surface area contributed by atoms with Crippen molar-refractivity contribution in [3.63, 3.8) is 0 Å². The van der Waals surface area contributed by atoms with Gasteiger partial charge in [-0.3, -0.25) is 19.8 Å². The van der Waals surface area contributed by atoms with E-state index >= 15 is 0 Å². The summed E-state index contributed by atoms with van der Waals surface area (Å²) in [5.74, 6) is -0.885. The number of benzene rings is 2. The molecule has 1 aromatic heterocycles. The van der Waals surface area contributed by atoms with Crippen molar-refractivity contribution in [3.8, 4) is 0 Å². The van der Waals surface area contributed by atoms with E-state index in [0.29, 0.717) is 30.7 Å². The molecule has 1 unspecified atom stereocenters. The molecule has 3 aromatic rings. The molecule has 0 bridgehead atoms. The summed E-state index contributed by atoms with van der Waals surface area (Å²) in [5.41, 5.74) is 2.98. The third-order valence-electron chi connectivity index (χ3n) is 5.20. The number of carbonyl (C=O) groups is 1. The highest BCUT2D eigenvalue weighted by atomic mass is 19.4. The van der Waals surface area contributed by atoms with Gasteiger partial charge in [-0.25, -0.2) is 0 Å². The molecule has 160 valence electrons. The van der Waals surface area contributed by atoms with E-state index in [-0.39, 0.29) is 12.5 Å². The first kappa shape index (κ1) is 20.8. The van der Waals surface area contributed by atoms with Gasteiger partial charge >= 0.3 is 12.1 Å². The van der Waals surface area contributed by atoms with Crippen LogP contribution in [0.1, 0.15) is 42.0 Å². The predicted octanol–water partition coefficient (Wildman–Crippen LogP) is 4.66. The summed E-state index contributed by atoms with van der Waals surface area (Å²) in [6.07, 6.45) is -0.268. The Hall–Kier alpha value is -3.49. The van der Waals surface area contributed by atoms with Crippen LogP contribution < -0.4 is 0 Å². The lowest BCUT2D eigenvalue weighted by Gasteiger charge is -2.23. The van der Waals surface area contributed by atoms with Gasteiger partial charge in [-0.2, -0.15) is 18.3 Å². The largest absolute Gasteiger partial charge is 0.481 e. The molecule has 0 spiro atoms. The molecular weight excluding hydrogens is 409 g/mol. The molecule has 1 atom stereocenters. The standard InChI is InChI=1S/C22H19F3N4O2/c23-22(24,25)16-6-3-14(4-7-16)18-13-20(29(28-18)11-1-2-21(30)31)15-5-8-17-19(12-15)27-10-9-26-17/h3-10,12,20H,1-2,11,13H2,(H,30,31). The van der Waals surface area contributed by atoms with E-state index in [1.807, 2.05) is 23.2 Å². The summed E-state index contributed by atoms with van der Waals surface area (Å²) >= 11 is 0. The highest BCUT2D eigenvalue weighted by Crippen LogP contribution is 2.35. The van der Waals surface area contributed by atoms with Crippen LogP contribution in [0.3, 0.4) is 0 Å². The van der Waals surface area contributed by atoms with Crippen LogP contribution in [0.4, 0.5) is 13.2 Å². The Labute approximate surface area is 176 Å². The molecule has 1 N–H and O–H groups in total. The van der Waals surface area contributed by atoms with Crippen LogP contribution in [0.5, 0.6) is 0 Å². The van der Waals surface area contributed by atoms with Crippen molar-refractivity contribution in [1.29, 1.82) is 0 Å². The predicted molar refractivity (Wildman–Crippen MR) is 108 cm³/mol. The zero-order valence-electron chi connectivity index (χ0n) is 16.4. The molecule has 0 radical (unpaired) electrons. The highest BCUT2D eigenvalue weighted by molar-refractivity contribution is 6.01. The lowest BCUT2D eigenvalue weighted by atomic mass is 9.97. The van der Waals surface area contributed by atoms with Gasteiger partial charge in [-0.1, -0.05) is 18.2 Å². The molecule has 0 amide bonds. The summed E-state index contributed by atoms with van der Waals surface area (Å²) in [5, 5.41) is 15.4. The van der Waals surface area contributed by atoms with Crippen LogP contribution in [-0.2, 0) is 11.0 Å². The average Bonchev–Trinajstić information content (AvgIpc) is 3.17. The number of alkyl halides is 3. The van der Waals surface area contributed by atoms with Crippen molar-refractivity contribution in [1.82, 2.24) is 15.0 Å². The molecular formula is C22H19F3N4O2. The van der Waals surface area contributed by atoms with Crippen LogP contribution in [-0.4, -0.2) is 38.3 Å². The molecule has 4 rings (SSSR count).